The number of carbonyl (C=O) groups is 1. The van der Waals surface area contributed by atoms with Crippen LogP contribution in [0.25, 0.3) is 0 Å². The van der Waals surface area contributed by atoms with Crippen LogP contribution in [-0.2, 0) is 12.8 Å². The Bertz CT molecular complexity index is 1170. The largest absolute Gasteiger partial charge is 0.503 e. The van der Waals surface area contributed by atoms with Crippen LogP contribution in [0.3, 0.4) is 0 Å². The van der Waals surface area contributed by atoms with Crippen molar-refractivity contribution >= 4 is 46.4 Å². The summed E-state index contributed by atoms with van der Waals surface area (Å²) in [6.45, 7) is 0. The molecule has 1 aliphatic rings. The highest BCUT2D eigenvalue weighted by Gasteiger charge is 2.19. The summed E-state index contributed by atoms with van der Waals surface area (Å²) in [5.41, 5.74) is 3.84. The lowest BCUT2D eigenvalue weighted by atomic mass is 10.0. The topological polar surface area (TPSA) is 122 Å². The maximum atomic E-state index is 11.0. The zero-order chi connectivity index (χ0) is 23.3. The maximum Gasteiger partial charge on any atom is 0.503 e. The zero-order valence-corrected chi connectivity index (χ0v) is 18.1. The molecule has 0 amide bonds. The van der Waals surface area contributed by atoms with Crippen molar-refractivity contribution in [1.29, 1.82) is 0 Å². The second-order valence-corrected chi connectivity index (χ2v) is 7.69. The molecule has 1 heterocycles. The van der Waals surface area contributed by atoms with E-state index in [1.54, 1.807) is 6.07 Å². The van der Waals surface area contributed by atoms with Crippen LogP contribution in [0.4, 0.5) is 21.9 Å². The molecule has 1 aliphatic heterocycles. The van der Waals surface area contributed by atoms with Crippen molar-refractivity contribution in [2.45, 2.75) is 19.3 Å². The van der Waals surface area contributed by atoms with E-state index < -0.39 is 11.1 Å². The molecule has 3 N–H and O–H groups in total. The number of ether oxygens (including phenoxy) is 1. The van der Waals surface area contributed by atoms with Crippen molar-refractivity contribution in [3.8, 4) is 11.5 Å². The number of nitro benzene ring substituents is 1. The lowest BCUT2D eigenvalue weighted by Gasteiger charge is -2.22. The number of nitrogens with zero attached hydrogens (tertiary/aromatic N) is 1. The van der Waals surface area contributed by atoms with Gasteiger partial charge in [-0.2, -0.15) is 0 Å². The summed E-state index contributed by atoms with van der Waals surface area (Å²) < 4.78 is 5.90. The van der Waals surface area contributed by atoms with Crippen molar-refractivity contribution in [3.63, 3.8) is 0 Å². The van der Waals surface area contributed by atoms with Gasteiger partial charge in [-0.05, 0) is 60.7 Å². The number of carboxylic acid groups (broad SMARTS) is 2. The Balaban J connectivity index is 0.000000668. The molecule has 0 radical (unpaired) electrons. The summed E-state index contributed by atoms with van der Waals surface area (Å²) in [7, 11) is 0. The number of benzene rings is 3. The third-order valence-corrected chi connectivity index (χ3v) is 5.37. The second kappa shape index (κ2) is 10.2. The molecule has 0 unspecified atom stereocenters. The van der Waals surface area contributed by atoms with Gasteiger partial charge in [-0.1, -0.05) is 35.3 Å². The standard InChI is InChI=1S/C21H16Cl2N2O3.CH2O3/c22-16-7-4-13(10-17(16)23)2-1-3-14-5-8-18-20(11-14)28-21-12-15(25(26)27)6-9-19(21)24-18;2-1(3)4/h4-12,24H,1-3H2;(H2,2,3,4). The number of nitrogens with one attached hydrogen (secondary N) is 1. The number of halogens is 2. The Morgan fingerprint density at radius 3 is 2.09 bits per heavy atom. The van der Waals surface area contributed by atoms with Gasteiger partial charge >= 0.3 is 6.16 Å². The molecule has 8 nitrogen and oxygen atoms in total. The molecule has 0 atom stereocenters. The molecule has 0 aromatic heterocycles. The fraction of sp³-hybridized carbons (Fsp3) is 0.136. The van der Waals surface area contributed by atoms with Crippen LogP contribution in [0.1, 0.15) is 17.5 Å². The SMILES string of the molecule is O=C(O)O.O=[N+]([O-])c1ccc2c(c1)Oc1cc(CCCc3ccc(Cl)c(Cl)c3)ccc1N2. The van der Waals surface area contributed by atoms with E-state index in [9.17, 15) is 10.1 Å². The quantitative estimate of drug-likeness (QED) is 0.206. The van der Waals surface area contributed by atoms with E-state index in [1.807, 2.05) is 30.3 Å². The van der Waals surface area contributed by atoms with E-state index in [0.29, 0.717) is 27.2 Å². The monoisotopic (exact) mass is 476 g/mol. The fourth-order valence-corrected chi connectivity index (χ4v) is 3.50. The predicted octanol–water partition coefficient (Wildman–Crippen LogP) is 7.15. The molecule has 0 saturated heterocycles. The predicted molar refractivity (Wildman–Crippen MR) is 122 cm³/mol. The van der Waals surface area contributed by atoms with Crippen molar-refractivity contribution in [2.24, 2.45) is 0 Å². The minimum Gasteiger partial charge on any atom is -0.453 e. The molecule has 4 rings (SSSR count). The Morgan fingerprint density at radius 2 is 1.47 bits per heavy atom. The number of anilines is 2. The number of fused-ring (bicyclic) bond motifs is 2. The van der Waals surface area contributed by atoms with E-state index in [-0.39, 0.29) is 5.69 Å². The minimum absolute atomic E-state index is 0.00165. The highest BCUT2D eigenvalue weighted by Crippen LogP contribution is 2.43. The molecule has 166 valence electrons. The molecule has 0 spiro atoms. The normalized spacial score (nSPS) is 11.1. The van der Waals surface area contributed by atoms with Crippen LogP contribution in [0.2, 0.25) is 10.0 Å². The second-order valence-electron chi connectivity index (χ2n) is 6.88. The molecular weight excluding hydrogens is 459 g/mol. The average molecular weight is 477 g/mol. The van der Waals surface area contributed by atoms with Crippen LogP contribution < -0.4 is 10.1 Å². The average Bonchev–Trinajstić information content (AvgIpc) is 2.74. The smallest absolute Gasteiger partial charge is 0.453 e. The zero-order valence-electron chi connectivity index (χ0n) is 16.5. The highest BCUT2D eigenvalue weighted by atomic mass is 35.5. The highest BCUT2D eigenvalue weighted by molar-refractivity contribution is 6.42. The van der Waals surface area contributed by atoms with Crippen LogP contribution >= 0.6 is 23.2 Å². The summed E-state index contributed by atoms with van der Waals surface area (Å²) in [6.07, 6.45) is 0.882. The van der Waals surface area contributed by atoms with Crippen LogP contribution in [0.5, 0.6) is 11.5 Å². The van der Waals surface area contributed by atoms with Gasteiger partial charge in [-0.25, -0.2) is 4.79 Å². The van der Waals surface area contributed by atoms with E-state index in [1.165, 1.54) is 12.1 Å². The third kappa shape index (κ3) is 6.03. The van der Waals surface area contributed by atoms with E-state index >= 15 is 0 Å². The Morgan fingerprint density at radius 1 is 0.906 bits per heavy atom. The van der Waals surface area contributed by atoms with Crippen LogP contribution in [0.15, 0.2) is 54.6 Å². The first-order chi connectivity index (χ1) is 15.2. The molecule has 32 heavy (non-hydrogen) atoms. The van der Waals surface area contributed by atoms with Crippen LogP contribution in [-0.4, -0.2) is 21.3 Å². The van der Waals surface area contributed by atoms with Gasteiger partial charge < -0.3 is 20.3 Å². The number of hydrogen-bond acceptors (Lipinski definition) is 5. The number of hydrogen-bond donors (Lipinski definition) is 3. The van der Waals surface area contributed by atoms with Crippen molar-refractivity contribution < 1.29 is 24.7 Å². The molecule has 0 aliphatic carbocycles. The third-order valence-electron chi connectivity index (χ3n) is 4.63. The minimum atomic E-state index is -1.83. The first-order valence-corrected chi connectivity index (χ1v) is 10.2. The Hall–Kier alpha value is -3.49. The molecule has 10 heteroatoms. The molecular formula is C22H18Cl2N2O6. The Kier molecular flexibility index (Phi) is 7.40. The number of non-ortho nitro benzene ring substituents is 1. The molecule has 0 saturated carbocycles. The first kappa shape index (κ1) is 23.2. The molecule has 3 aromatic rings. The number of nitro groups is 1. The van der Waals surface area contributed by atoms with Gasteiger partial charge in [0, 0.05) is 6.07 Å². The van der Waals surface area contributed by atoms with E-state index in [2.05, 4.69) is 11.4 Å². The van der Waals surface area contributed by atoms with Gasteiger partial charge in [-0.15, -0.1) is 0 Å². The lowest BCUT2D eigenvalue weighted by Crippen LogP contribution is -2.04. The first-order valence-electron chi connectivity index (χ1n) is 9.45. The van der Waals surface area contributed by atoms with E-state index in [4.69, 9.17) is 42.9 Å². The van der Waals surface area contributed by atoms with Crippen molar-refractivity contribution in [2.75, 3.05) is 5.32 Å². The summed E-state index contributed by atoms with van der Waals surface area (Å²) >= 11 is 12.0. The summed E-state index contributed by atoms with van der Waals surface area (Å²) in [6, 6.07) is 16.2. The summed E-state index contributed by atoms with van der Waals surface area (Å²) in [5.74, 6) is 1.12. The maximum absolute atomic E-state index is 11.0. The summed E-state index contributed by atoms with van der Waals surface area (Å²) in [5, 5.41) is 29.3. The van der Waals surface area contributed by atoms with Gasteiger partial charge in [0.25, 0.3) is 5.69 Å². The molecule has 0 fully saturated rings. The Labute approximate surface area is 193 Å². The van der Waals surface area contributed by atoms with Crippen molar-refractivity contribution in [3.05, 3.63) is 85.9 Å². The van der Waals surface area contributed by atoms with Gasteiger partial charge in [0.15, 0.2) is 11.5 Å². The molecule has 0 bridgehead atoms. The number of aryl methyl sites for hydroxylation is 2. The molecule has 3 aromatic carbocycles. The van der Waals surface area contributed by atoms with E-state index in [0.717, 1.165) is 36.1 Å². The van der Waals surface area contributed by atoms with Gasteiger partial charge in [0.05, 0.1) is 32.4 Å². The van der Waals surface area contributed by atoms with Crippen LogP contribution in [0, 0.1) is 10.1 Å². The lowest BCUT2D eigenvalue weighted by molar-refractivity contribution is -0.384. The fourth-order valence-electron chi connectivity index (χ4n) is 3.18. The van der Waals surface area contributed by atoms with Gasteiger partial charge in [-0.3, -0.25) is 10.1 Å². The van der Waals surface area contributed by atoms with Gasteiger partial charge in [0.2, 0.25) is 0 Å². The van der Waals surface area contributed by atoms with Crippen molar-refractivity contribution in [1.82, 2.24) is 0 Å². The number of rotatable bonds is 5. The van der Waals surface area contributed by atoms with Gasteiger partial charge in [0.1, 0.15) is 0 Å². The summed E-state index contributed by atoms with van der Waals surface area (Å²) in [4.78, 5) is 19.1.